The highest BCUT2D eigenvalue weighted by atomic mass is 35.5. The van der Waals surface area contributed by atoms with Crippen molar-refractivity contribution < 1.29 is 19.3 Å². The predicted molar refractivity (Wildman–Crippen MR) is 156 cm³/mol. The molecular weight excluding hydrogens is 556 g/mol. The minimum absolute atomic E-state index is 0.219. The van der Waals surface area contributed by atoms with Crippen LogP contribution in [0.15, 0.2) is 102 Å². The van der Waals surface area contributed by atoms with Crippen LogP contribution in [0.2, 0.25) is 5.02 Å². The number of hydrogen-bond acceptors (Lipinski definition) is 7. The summed E-state index contributed by atoms with van der Waals surface area (Å²) in [6.07, 6.45) is 1.61. The number of anilines is 1. The lowest BCUT2D eigenvalue weighted by molar-refractivity contribution is -0.384. The molecule has 0 bridgehead atoms. The van der Waals surface area contributed by atoms with Gasteiger partial charge in [-0.15, -0.1) is 0 Å². The molecule has 9 nitrogen and oxygen atoms in total. The fourth-order valence-electron chi connectivity index (χ4n) is 6.73. The van der Waals surface area contributed by atoms with E-state index in [1.165, 1.54) is 23.2 Å². The fraction of sp³-hybridized carbons (Fsp3) is 0.125. The van der Waals surface area contributed by atoms with Crippen molar-refractivity contribution in [1.82, 2.24) is 5.01 Å². The summed E-state index contributed by atoms with van der Waals surface area (Å²) >= 11 is 6.05. The lowest BCUT2D eigenvalue weighted by Gasteiger charge is -2.36. The van der Waals surface area contributed by atoms with Crippen LogP contribution in [-0.4, -0.2) is 39.7 Å². The molecule has 4 aromatic rings. The van der Waals surface area contributed by atoms with E-state index in [-0.39, 0.29) is 16.8 Å². The number of hydrogen-bond donors (Lipinski definition) is 1. The van der Waals surface area contributed by atoms with Crippen molar-refractivity contribution in [2.24, 2.45) is 10.5 Å². The smallest absolute Gasteiger partial charge is 0.269 e. The number of carbonyl (C=O) groups excluding carboxylic acids is 3. The van der Waals surface area contributed by atoms with E-state index in [9.17, 15) is 24.5 Å². The molecule has 1 aliphatic carbocycles. The van der Waals surface area contributed by atoms with Gasteiger partial charge in [-0.05, 0) is 41.0 Å². The molecule has 1 fully saturated rings. The number of hydrazone groups is 1. The summed E-state index contributed by atoms with van der Waals surface area (Å²) in [6, 6.07) is 24.1. The van der Waals surface area contributed by atoms with Gasteiger partial charge in [0.25, 0.3) is 5.69 Å². The average Bonchev–Trinajstić information content (AvgIpc) is 3.44. The standard InChI is InChI=1S/C32H21ClN4O5/c33-20-12-14-21(15-13-20)35-31(40)27-26(18-7-5-8-22(16-18)37(41)42)32(29(38)24-10-3-4-11-25(24)30(32)39)28-23-9-2-1-6-19(23)17-34-36(27)28/h1-17,26-28H,(H,35,40)/t26-,27+,28?/m1/s1. The average molecular weight is 577 g/mol. The minimum Gasteiger partial charge on any atom is -0.324 e. The van der Waals surface area contributed by atoms with Gasteiger partial charge < -0.3 is 5.32 Å². The second kappa shape index (κ2) is 9.46. The molecule has 2 aliphatic heterocycles. The van der Waals surface area contributed by atoms with Crippen molar-refractivity contribution in [2.45, 2.75) is 18.0 Å². The van der Waals surface area contributed by atoms with Gasteiger partial charge in [0.1, 0.15) is 11.5 Å². The lowest BCUT2D eigenvalue weighted by Crippen LogP contribution is -2.44. The summed E-state index contributed by atoms with van der Waals surface area (Å²) in [6.45, 7) is 0. The number of Topliss-reactive ketones (excluding diaryl/α,β-unsaturated/α-hetero) is 2. The highest BCUT2D eigenvalue weighted by Crippen LogP contribution is 2.64. The fourth-order valence-corrected chi connectivity index (χ4v) is 6.86. The number of amides is 1. The summed E-state index contributed by atoms with van der Waals surface area (Å²) in [5.41, 5.74) is 0.612. The number of nitrogens with zero attached hydrogens (tertiary/aromatic N) is 3. The molecule has 1 unspecified atom stereocenters. The molecule has 0 saturated carbocycles. The van der Waals surface area contributed by atoms with Crippen LogP contribution >= 0.6 is 11.6 Å². The van der Waals surface area contributed by atoms with Crippen LogP contribution in [0, 0.1) is 15.5 Å². The van der Waals surface area contributed by atoms with Crippen molar-refractivity contribution in [3.05, 3.63) is 140 Å². The molecule has 3 atom stereocenters. The molecule has 206 valence electrons. The highest BCUT2D eigenvalue weighted by Gasteiger charge is 2.73. The Balaban J connectivity index is 1.50. The van der Waals surface area contributed by atoms with Crippen LogP contribution < -0.4 is 5.32 Å². The number of rotatable bonds is 4. The van der Waals surface area contributed by atoms with Crippen molar-refractivity contribution in [2.75, 3.05) is 5.32 Å². The first-order chi connectivity index (χ1) is 20.3. The summed E-state index contributed by atoms with van der Waals surface area (Å²) < 4.78 is 0. The highest BCUT2D eigenvalue weighted by molar-refractivity contribution is 6.32. The monoisotopic (exact) mass is 576 g/mol. The Morgan fingerprint density at radius 3 is 2.26 bits per heavy atom. The first kappa shape index (κ1) is 25.8. The molecule has 42 heavy (non-hydrogen) atoms. The third-order valence-corrected chi connectivity index (χ3v) is 8.65. The summed E-state index contributed by atoms with van der Waals surface area (Å²) in [5, 5.41) is 21.4. The van der Waals surface area contributed by atoms with E-state index in [1.54, 1.807) is 60.8 Å². The van der Waals surface area contributed by atoms with Gasteiger partial charge in [0.15, 0.2) is 11.6 Å². The number of nitro groups is 1. The van der Waals surface area contributed by atoms with E-state index in [0.717, 1.165) is 0 Å². The Morgan fingerprint density at radius 1 is 0.905 bits per heavy atom. The quantitative estimate of drug-likeness (QED) is 0.186. The van der Waals surface area contributed by atoms with Crippen LogP contribution in [0.1, 0.15) is 49.4 Å². The molecule has 1 N–H and O–H groups in total. The van der Waals surface area contributed by atoms with Crippen molar-refractivity contribution >= 4 is 46.7 Å². The maximum Gasteiger partial charge on any atom is 0.269 e. The number of ketones is 2. The molecule has 1 amide bonds. The molecule has 3 aliphatic rings. The summed E-state index contributed by atoms with van der Waals surface area (Å²) in [5.74, 6) is -2.53. The van der Waals surface area contributed by atoms with Gasteiger partial charge in [-0.25, -0.2) is 0 Å². The lowest BCUT2D eigenvalue weighted by atomic mass is 9.63. The minimum atomic E-state index is -1.82. The summed E-state index contributed by atoms with van der Waals surface area (Å²) in [4.78, 5) is 54.9. The van der Waals surface area contributed by atoms with Gasteiger partial charge in [0.2, 0.25) is 5.91 Å². The zero-order chi connectivity index (χ0) is 29.2. The largest absolute Gasteiger partial charge is 0.324 e. The zero-order valence-electron chi connectivity index (χ0n) is 21.8. The predicted octanol–water partition coefficient (Wildman–Crippen LogP) is 5.81. The molecule has 4 aromatic carbocycles. The number of nitrogens with one attached hydrogen (secondary N) is 1. The second-order valence-corrected chi connectivity index (χ2v) is 10.9. The SMILES string of the molecule is O=C(Nc1ccc(Cl)cc1)[C@@H]1[C@@H](c2cccc([N+](=O)[O-])c2)C2(C(=O)c3ccccc3C2=O)C2c3ccccc3C=NN21. The van der Waals surface area contributed by atoms with E-state index < -0.39 is 45.8 Å². The third-order valence-electron chi connectivity index (χ3n) is 8.40. The van der Waals surface area contributed by atoms with Crippen LogP contribution in [0.25, 0.3) is 0 Å². The second-order valence-electron chi connectivity index (χ2n) is 10.5. The van der Waals surface area contributed by atoms with Gasteiger partial charge in [-0.1, -0.05) is 72.3 Å². The third kappa shape index (κ3) is 3.56. The van der Waals surface area contributed by atoms with Crippen LogP contribution in [0.3, 0.4) is 0 Å². The van der Waals surface area contributed by atoms with E-state index in [1.807, 2.05) is 24.3 Å². The molecule has 10 heteroatoms. The number of halogens is 1. The number of non-ortho nitro benzene ring substituents is 1. The molecule has 1 spiro atoms. The van der Waals surface area contributed by atoms with Gasteiger partial charge in [0.05, 0.1) is 17.2 Å². The van der Waals surface area contributed by atoms with Gasteiger partial charge >= 0.3 is 0 Å². The molecular formula is C32H21ClN4O5. The number of benzene rings is 4. The Bertz CT molecular complexity index is 1820. The van der Waals surface area contributed by atoms with Crippen LogP contribution in [0.5, 0.6) is 0 Å². The first-order valence-electron chi connectivity index (χ1n) is 13.2. The van der Waals surface area contributed by atoms with Crippen LogP contribution in [0.4, 0.5) is 11.4 Å². The number of fused-ring (bicyclic) bond motifs is 5. The zero-order valence-corrected chi connectivity index (χ0v) is 22.6. The van der Waals surface area contributed by atoms with Crippen LogP contribution in [-0.2, 0) is 4.79 Å². The molecule has 0 radical (unpaired) electrons. The topological polar surface area (TPSA) is 122 Å². The van der Waals surface area contributed by atoms with Gasteiger partial charge in [-0.3, -0.25) is 29.5 Å². The van der Waals surface area contributed by atoms with E-state index in [2.05, 4.69) is 10.4 Å². The normalized spacial score (nSPS) is 21.2. The van der Waals surface area contributed by atoms with E-state index >= 15 is 0 Å². The van der Waals surface area contributed by atoms with Gasteiger partial charge in [0, 0.05) is 39.9 Å². The van der Waals surface area contributed by atoms with Crippen molar-refractivity contribution in [3.8, 4) is 0 Å². The van der Waals surface area contributed by atoms with Gasteiger partial charge in [-0.2, -0.15) is 5.10 Å². The molecule has 7 rings (SSSR count). The van der Waals surface area contributed by atoms with E-state index in [4.69, 9.17) is 11.6 Å². The maximum atomic E-state index is 14.7. The van der Waals surface area contributed by atoms with E-state index in [0.29, 0.717) is 27.4 Å². The molecule has 0 aromatic heterocycles. The van der Waals surface area contributed by atoms with Crippen molar-refractivity contribution in [1.29, 1.82) is 0 Å². The Hall–Kier alpha value is -5.15. The summed E-state index contributed by atoms with van der Waals surface area (Å²) in [7, 11) is 0. The molecule has 1 saturated heterocycles. The van der Waals surface area contributed by atoms with Crippen molar-refractivity contribution in [3.63, 3.8) is 0 Å². The Kier molecular flexibility index (Phi) is 5.81. The Morgan fingerprint density at radius 2 is 1.57 bits per heavy atom. The first-order valence-corrected chi connectivity index (χ1v) is 13.6. The number of nitro benzene ring substituents is 1. The molecule has 2 heterocycles. The Labute approximate surface area is 244 Å². The maximum absolute atomic E-state index is 14.7. The number of carbonyl (C=O) groups is 3.